The maximum absolute atomic E-state index is 12.2. The number of hydrogen-bond donors (Lipinski definition) is 0. The summed E-state index contributed by atoms with van der Waals surface area (Å²) in [6, 6.07) is 1.89. The van der Waals surface area contributed by atoms with Crippen LogP contribution in [0.25, 0.3) is 0 Å². The number of hydrogen-bond acceptors (Lipinski definition) is 2. The highest BCUT2D eigenvalue weighted by Gasteiger charge is 2.27. The molecular formula is C11H16BrN3O. The summed E-state index contributed by atoms with van der Waals surface area (Å²) in [4.78, 5) is 14.5. The highest BCUT2D eigenvalue weighted by atomic mass is 79.9. The van der Waals surface area contributed by atoms with Gasteiger partial charge in [-0.25, -0.2) is 0 Å². The van der Waals surface area contributed by atoms with E-state index in [1.165, 1.54) is 0 Å². The number of aromatic nitrogens is 2. The minimum absolute atomic E-state index is 0.0941. The standard InChI is InChI=1S/C11H16BrN3O/c1-3-9-6-10(14(2)13-9)11(16)15-5-4-8(12)7-15/h6,8H,3-5,7H2,1-2H3. The van der Waals surface area contributed by atoms with E-state index in [0.29, 0.717) is 10.5 Å². The van der Waals surface area contributed by atoms with Crippen LogP contribution in [0.4, 0.5) is 0 Å². The molecule has 0 radical (unpaired) electrons. The maximum atomic E-state index is 12.2. The van der Waals surface area contributed by atoms with Crippen LogP contribution in [0.2, 0.25) is 0 Å². The van der Waals surface area contributed by atoms with Gasteiger partial charge in [0, 0.05) is 25.0 Å². The van der Waals surface area contributed by atoms with Crippen molar-refractivity contribution in [3.63, 3.8) is 0 Å². The molecule has 1 unspecified atom stereocenters. The van der Waals surface area contributed by atoms with Gasteiger partial charge in [0.1, 0.15) is 5.69 Å². The first-order valence-electron chi connectivity index (χ1n) is 5.58. The summed E-state index contributed by atoms with van der Waals surface area (Å²) in [5.74, 6) is 0.0941. The van der Waals surface area contributed by atoms with Crippen LogP contribution in [0.5, 0.6) is 0 Å². The van der Waals surface area contributed by atoms with Gasteiger partial charge < -0.3 is 4.90 Å². The molecule has 0 spiro atoms. The Hall–Kier alpha value is -0.840. The molecule has 1 aliphatic rings. The summed E-state index contributed by atoms with van der Waals surface area (Å²) < 4.78 is 1.68. The quantitative estimate of drug-likeness (QED) is 0.774. The first-order valence-corrected chi connectivity index (χ1v) is 6.49. The van der Waals surface area contributed by atoms with E-state index in [1.807, 2.05) is 24.9 Å². The van der Waals surface area contributed by atoms with E-state index in [1.54, 1.807) is 4.68 Å². The lowest BCUT2D eigenvalue weighted by molar-refractivity contribution is 0.0782. The fraction of sp³-hybridized carbons (Fsp3) is 0.636. The van der Waals surface area contributed by atoms with Gasteiger partial charge in [-0.15, -0.1) is 0 Å². The second kappa shape index (κ2) is 4.57. The highest BCUT2D eigenvalue weighted by Crippen LogP contribution is 2.19. The number of aryl methyl sites for hydroxylation is 2. The second-order valence-corrected chi connectivity index (χ2v) is 5.43. The number of likely N-dealkylation sites (tertiary alicyclic amines) is 1. The smallest absolute Gasteiger partial charge is 0.272 e. The number of halogens is 1. The van der Waals surface area contributed by atoms with E-state index in [2.05, 4.69) is 21.0 Å². The molecule has 88 valence electrons. The molecule has 2 rings (SSSR count). The van der Waals surface area contributed by atoms with Crippen LogP contribution < -0.4 is 0 Å². The van der Waals surface area contributed by atoms with Crippen molar-refractivity contribution in [3.05, 3.63) is 17.5 Å². The molecule has 1 aromatic heterocycles. The first-order chi connectivity index (χ1) is 7.61. The molecule has 0 bridgehead atoms. The minimum atomic E-state index is 0.0941. The van der Waals surface area contributed by atoms with Crippen molar-refractivity contribution < 1.29 is 4.79 Å². The zero-order valence-corrected chi connectivity index (χ0v) is 11.2. The van der Waals surface area contributed by atoms with Gasteiger partial charge in [-0.1, -0.05) is 22.9 Å². The van der Waals surface area contributed by atoms with Crippen molar-refractivity contribution in [2.75, 3.05) is 13.1 Å². The summed E-state index contributed by atoms with van der Waals surface area (Å²) in [7, 11) is 1.83. The monoisotopic (exact) mass is 285 g/mol. The maximum Gasteiger partial charge on any atom is 0.272 e. The molecule has 5 heteroatoms. The van der Waals surface area contributed by atoms with Crippen LogP contribution in [0.1, 0.15) is 29.5 Å². The molecule has 4 nitrogen and oxygen atoms in total. The molecule has 16 heavy (non-hydrogen) atoms. The zero-order chi connectivity index (χ0) is 11.7. The lowest BCUT2D eigenvalue weighted by Crippen LogP contribution is -2.30. The van der Waals surface area contributed by atoms with E-state index in [4.69, 9.17) is 0 Å². The molecular weight excluding hydrogens is 270 g/mol. The largest absolute Gasteiger partial charge is 0.336 e. The Morgan fingerprint density at radius 3 is 2.94 bits per heavy atom. The summed E-state index contributed by atoms with van der Waals surface area (Å²) in [5.41, 5.74) is 1.67. The molecule has 1 saturated heterocycles. The topological polar surface area (TPSA) is 38.1 Å². The van der Waals surface area contributed by atoms with Crippen molar-refractivity contribution in [2.24, 2.45) is 7.05 Å². The summed E-state index contributed by atoms with van der Waals surface area (Å²) in [6.07, 6.45) is 1.90. The number of rotatable bonds is 2. The molecule has 0 N–H and O–H groups in total. The lowest BCUT2D eigenvalue weighted by Gasteiger charge is -2.15. The Morgan fingerprint density at radius 1 is 1.69 bits per heavy atom. The second-order valence-electron chi connectivity index (χ2n) is 4.14. The van der Waals surface area contributed by atoms with E-state index in [9.17, 15) is 4.79 Å². The molecule has 0 aromatic carbocycles. The Bertz CT molecular complexity index is 402. The van der Waals surface area contributed by atoms with Crippen LogP contribution >= 0.6 is 15.9 Å². The Morgan fingerprint density at radius 2 is 2.44 bits per heavy atom. The summed E-state index contributed by atoms with van der Waals surface area (Å²) >= 11 is 3.54. The van der Waals surface area contributed by atoms with Gasteiger partial charge in [0.15, 0.2) is 0 Å². The molecule has 1 atom stereocenters. The van der Waals surface area contributed by atoms with Gasteiger partial charge in [-0.3, -0.25) is 9.48 Å². The Kier molecular flexibility index (Phi) is 3.33. The van der Waals surface area contributed by atoms with Crippen LogP contribution in [-0.4, -0.2) is 38.5 Å². The number of amides is 1. The van der Waals surface area contributed by atoms with Gasteiger partial charge in [0.25, 0.3) is 5.91 Å². The van der Waals surface area contributed by atoms with E-state index in [-0.39, 0.29) is 5.91 Å². The van der Waals surface area contributed by atoms with Crippen molar-refractivity contribution in [1.29, 1.82) is 0 Å². The van der Waals surface area contributed by atoms with Crippen molar-refractivity contribution in [1.82, 2.24) is 14.7 Å². The minimum Gasteiger partial charge on any atom is -0.336 e. The lowest BCUT2D eigenvalue weighted by atomic mass is 10.3. The SMILES string of the molecule is CCc1cc(C(=O)N2CCC(Br)C2)n(C)n1. The fourth-order valence-electron chi connectivity index (χ4n) is 1.96. The van der Waals surface area contributed by atoms with Crippen LogP contribution in [-0.2, 0) is 13.5 Å². The zero-order valence-electron chi connectivity index (χ0n) is 9.61. The van der Waals surface area contributed by atoms with Crippen LogP contribution in [0.3, 0.4) is 0 Å². The van der Waals surface area contributed by atoms with Crippen molar-refractivity contribution in [3.8, 4) is 0 Å². The molecule has 0 aliphatic carbocycles. The molecule has 1 aliphatic heterocycles. The van der Waals surface area contributed by atoms with Gasteiger partial charge >= 0.3 is 0 Å². The first kappa shape index (κ1) is 11.6. The van der Waals surface area contributed by atoms with E-state index < -0.39 is 0 Å². The number of carbonyl (C=O) groups is 1. The third kappa shape index (κ3) is 2.14. The highest BCUT2D eigenvalue weighted by molar-refractivity contribution is 9.09. The van der Waals surface area contributed by atoms with Crippen LogP contribution in [0.15, 0.2) is 6.07 Å². The number of nitrogens with zero attached hydrogens (tertiary/aromatic N) is 3. The number of alkyl halides is 1. The molecule has 0 saturated carbocycles. The van der Waals surface area contributed by atoms with Gasteiger partial charge in [-0.2, -0.15) is 5.10 Å². The van der Waals surface area contributed by atoms with Gasteiger partial charge in [-0.05, 0) is 18.9 Å². The fourth-order valence-corrected chi connectivity index (χ4v) is 2.52. The molecule has 1 amide bonds. The average Bonchev–Trinajstić information content (AvgIpc) is 2.83. The molecule has 1 fully saturated rings. The van der Waals surface area contributed by atoms with Crippen molar-refractivity contribution in [2.45, 2.75) is 24.6 Å². The molecule has 1 aromatic rings. The summed E-state index contributed by atoms with van der Waals surface area (Å²) in [6.45, 7) is 3.67. The normalized spacial score (nSPS) is 20.4. The average molecular weight is 286 g/mol. The number of carbonyl (C=O) groups excluding carboxylic acids is 1. The summed E-state index contributed by atoms with van der Waals surface area (Å²) in [5, 5.41) is 4.30. The third-order valence-electron chi connectivity index (χ3n) is 2.93. The van der Waals surface area contributed by atoms with E-state index >= 15 is 0 Å². The Balaban J connectivity index is 2.17. The predicted octanol–water partition coefficient (Wildman–Crippen LogP) is 1.59. The third-order valence-corrected chi connectivity index (χ3v) is 3.68. The van der Waals surface area contributed by atoms with Crippen LogP contribution in [0, 0.1) is 0 Å². The predicted molar refractivity (Wildman–Crippen MR) is 65.8 cm³/mol. The van der Waals surface area contributed by atoms with E-state index in [0.717, 1.165) is 31.6 Å². The Labute approximate surface area is 104 Å². The molecule has 2 heterocycles. The van der Waals surface area contributed by atoms with Gasteiger partial charge in [0.2, 0.25) is 0 Å². The van der Waals surface area contributed by atoms with Gasteiger partial charge in [0.05, 0.1) is 5.69 Å². The van der Waals surface area contributed by atoms with Crippen molar-refractivity contribution >= 4 is 21.8 Å².